The Balaban J connectivity index is 2.48. The Morgan fingerprint density at radius 1 is 1.54 bits per heavy atom. The van der Waals surface area contributed by atoms with E-state index in [9.17, 15) is 9.90 Å². The van der Waals surface area contributed by atoms with Crippen molar-refractivity contribution < 1.29 is 14.6 Å². The van der Waals surface area contributed by atoms with Crippen LogP contribution in [-0.2, 0) is 9.53 Å². The molecule has 76 valence electrons. The van der Waals surface area contributed by atoms with Crippen LogP contribution >= 0.6 is 0 Å². The van der Waals surface area contributed by atoms with Gasteiger partial charge in [0.05, 0.1) is 18.6 Å². The zero-order valence-corrected chi connectivity index (χ0v) is 8.49. The van der Waals surface area contributed by atoms with Gasteiger partial charge in [0.2, 0.25) is 0 Å². The van der Waals surface area contributed by atoms with Gasteiger partial charge in [-0.2, -0.15) is 0 Å². The molecule has 3 nitrogen and oxygen atoms in total. The highest BCUT2D eigenvalue weighted by Crippen LogP contribution is 2.51. The standard InChI is InChI=1S/C10H18O3/c1-4-7-8(6(3)11)9(7)10(12)13-5-2/h6-9,11H,4-5H2,1-3H3/t6-,7+,8-,9-/m1/s1. The highest BCUT2D eigenvalue weighted by molar-refractivity contribution is 5.76. The van der Waals surface area contributed by atoms with Crippen molar-refractivity contribution in [2.45, 2.75) is 33.3 Å². The van der Waals surface area contributed by atoms with E-state index in [2.05, 4.69) is 0 Å². The first-order valence-corrected chi connectivity index (χ1v) is 4.98. The molecule has 1 N–H and O–H groups in total. The van der Waals surface area contributed by atoms with Crippen LogP contribution in [0.25, 0.3) is 0 Å². The number of hydrogen-bond donors (Lipinski definition) is 1. The van der Waals surface area contributed by atoms with E-state index >= 15 is 0 Å². The Hall–Kier alpha value is -0.570. The molecule has 0 spiro atoms. The van der Waals surface area contributed by atoms with E-state index in [0.717, 1.165) is 6.42 Å². The molecular weight excluding hydrogens is 168 g/mol. The topological polar surface area (TPSA) is 46.5 Å². The molecule has 0 heterocycles. The second-order valence-electron chi connectivity index (χ2n) is 3.67. The van der Waals surface area contributed by atoms with Gasteiger partial charge in [-0.15, -0.1) is 0 Å². The lowest BCUT2D eigenvalue weighted by atomic mass is 10.2. The summed E-state index contributed by atoms with van der Waals surface area (Å²) in [6.07, 6.45) is 0.554. The van der Waals surface area contributed by atoms with E-state index in [0.29, 0.717) is 12.5 Å². The number of carbonyl (C=O) groups excluding carboxylic acids is 1. The van der Waals surface area contributed by atoms with Crippen LogP contribution in [0.5, 0.6) is 0 Å². The number of esters is 1. The van der Waals surface area contributed by atoms with Crippen LogP contribution in [0.1, 0.15) is 27.2 Å². The maximum absolute atomic E-state index is 11.4. The van der Waals surface area contributed by atoms with Gasteiger partial charge in [-0.05, 0) is 19.8 Å². The molecule has 0 bridgehead atoms. The van der Waals surface area contributed by atoms with Gasteiger partial charge >= 0.3 is 5.97 Å². The van der Waals surface area contributed by atoms with Crippen LogP contribution in [0.2, 0.25) is 0 Å². The van der Waals surface area contributed by atoms with Crippen molar-refractivity contribution >= 4 is 5.97 Å². The minimum Gasteiger partial charge on any atom is -0.466 e. The monoisotopic (exact) mass is 186 g/mol. The molecule has 1 fully saturated rings. The molecule has 0 aromatic carbocycles. The number of ether oxygens (including phenoxy) is 1. The lowest BCUT2D eigenvalue weighted by Gasteiger charge is -2.02. The van der Waals surface area contributed by atoms with Crippen molar-refractivity contribution in [3.8, 4) is 0 Å². The van der Waals surface area contributed by atoms with Crippen LogP contribution in [0.4, 0.5) is 0 Å². The van der Waals surface area contributed by atoms with Gasteiger partial charge in [0.15, 0.2) is 0 Å². The van der Waals surface area contributed by atoms with Crippen molar-refractivity contribution in [1.82, 2.24) is 0 Å². The first-order chi connectivity index (χ1) is 6.13. The molecule has 13 heavy (non-hydrogen) atoms. The second-order valence-corrected chi connectivity index (χ2v) is 3.67. The maximum Gasteiger partial charge on any atom is 0.309 e. The summed E-state index contributed by atoms with van der Waals surface area (Å²) in [7, 11) is 0. The third kappa shape index (κ3) is 2.02. The van der Waals surface area contributed by atoms with Gasteiger partial charge in [-0.1, -0.05) is 13.3 Å². The van der Waals surface area contributed by atoms with Crippen LogP contribution < -0.4 is 0 Å². The fourth-order valence-corrected chi connectivity index (χ4v) is 2.15. The Morgan fingerprint density at radius 3 is 2.46 bits per heavy atom. The zero-order chi connectivity index (χ0) is 10.0. The molecule has 0 amide bonds. The summed E-state index contributed by atoms with van der Waals surface area (Å²) in [4.78, 5) is 11.4. The normalized spacial score (nSPS) is 34.0. The summed E-state index contributed by atoms with van der Waals surface area (Å²) in [6, 6.07) is 0. The Kier molecular flexibility index (Phi) is 3.31. The predicted molar refractivity (Wildman–Crippen MR) is 49.1 cm³/mol. The molecule has 4 atom stereocenters. The minimum absolute atomic E-state index is 0.0510. The molecule has 0 aliphatic heterocycles. The van der Waals surface area contributed by atoms with Gasteiger partial charge < -0.3 is 9.84 Å². The molecule has 0 saturated heterocycles. The summed E-state index contributed by atoms with van der Waals surface area (Å²) in [6.45, 7) is 6.02. The second kappa shape index (κ2) is 4.09. The van der Waals surface area contributed by atoms with Gasteiger partial charge in [0.1, 0.15) is 0 Å². The van der Waals surface area contributed by atoms with E-state index in [1.165, 1.54) is 0 Å². The quantitative estimate of drug-likeness (QED) is 0.671. The summed E-state index contributed by atoms with van der Waals surface area (Å²) >= 11 is 0. The summed E-state index contributed by atoms with van der Waals surface area (Å²) < 4.78 is 4.93. The molecule has 3 heteroatoms. The van der Waals surface area contributed by atoms with E-state index in [-0.39, 0.29) is 23.9 Å². The average molecular weight is 186 g/mol. The lowest BCUT2D eigenvalue weighted by Crippen LogP contribution is -2.12. The SMILES string of the molecule is CCOC(=O)[C@@H]1[C@@H](CC)[C@H]1[C@@H](C)O. The Bertz CT molecular complexity index is 189. The molecule has 0 aromatic rings. The van der Waals surface area contributed by atoms with E-state index in [1.807, 2.05) is 6.92 Å². The summed E-state index contributed by atoms with van der Waals surface area (Å²) in [5.74, 6) is 0.272. The Labute approximate surface area is 79.1 Å². The number of rotatable bonds is 4. The van der Waals surface area contributed by atoms with E-state index in [1.54, 1.807) is 13.8 Å². The molecule has 1 rings (SSSR count). The molecule has 1 saturated carbocycles. The summed E-state index contributed by atoms with van der Waals surface area (Å²) in [5.41, 5.74) is 0. The number of hydrogen-bond acceptors (Lipinski definition) is 3. The first kappa shape index (κ1) is 10.5. The first-order valence-electron chi connectivity index (χ1n) is 4.98. The van der Waals surface area contributed by atoms with Gasteiger partial charge in [-0.3, -0.25) is 4.79 Å². The minimum atomic E-state index is -0.389. The largest absolute Gasteiger partial charge is 0.466 e. The van der Waals surface area contributed by atoms with Crippen molar-refractivity contribution in [2.75, 3.05) is 6.61 Å². The van der Waals surface area contributed by atoms with Gasteiger partial charge in [0.25, 0.3) is 0 Å². The Morgan fingerprint density at radius 2 is 2.15 bits per heavy atom. The van der Waals surface area contributed by atoms with Crippen LogP contribution in [0.3, 0.4) is 0 Å². The average Bonchev–Trinajstić information content (AvgIpc) is 2.78. The molecule has 1 aliphatic rings. The summed E-state index contributed by atoms with van der Waals surface area (Å²) in [5, 5.41) is 9.37. The van der Waals surface area contributed by atoms with Crippen molar-refractivity contribution in [1.29, 1.82) is 0 Å². The van der Waals surface area contributed by atoms with E-state index < -0.39 is 0 Å². The number of carbonyl (C=O) groups is 1. The fraction of sp³-hybridized carbons (Fsp3) is 0.900. The fourth-order valence-electron chi connectivity index (χ4n) is 2.15. The smallest absolute Gasteiger partial charge is 0.309 e. The zero-order valence-electron chi connectivity index (χ0n) is 8.49. The van der Waals surface area contributed by atoms with Gasteiger partial charge in [-0.25, -0.2) is 0 Å². The molecule has 0 radical (unpaired) electrons. The van der Waals surface area contributed by atoms with Gasteiger partial charge in [0, 0.05) is 5.92 Å². The third-order valence-corrected chi connectivity index (χ3v) is 2.82. The highest BCUT2D eigenvalue weighted by atomic mass is 16.5. The highest BCUT2D eigenvalue weighted by Gasteiger charge is 2.56. The van der Waals surface area contributed by atoms with Crippen molar-refractivity contribution in [2.24, 2.45) is 17.8 Å². The molecular formula is C10H18O3. The third-order valence-electron chi connectivity index (χ3n) is 2.82. The van der Waals surface area contributed by atoms with Crippen molar-refractivity contribution in [3.63, 3.8) is 0 Å². The van der Waals surface area contributed by atoms with Crippen molar-refractivity contribution in [3.05, 3.63) is 0 Å². The van der Waals surface area contributed by atoms with Crippen LogP contribution in [0.15, 0.2) is 0 Å². The molecule has 0 aromatic heterocycles. The predicted octanol–water partition coefficient (Wildman–Crippen LogP) is 1.20. The van der Waals surface area contributed by atoms with Crippen LogP contribution in [-0.4, -0.2) is 23.8 Å². The maximum atomic E-state index is 11.4. The number of aliphatic hydroxyl groups is 1. The van der Waals surface area contributed by atoms with E-state index in [4.69, 9.17) is 4.74 Å². The molecule has 1 aliphatic carbocycles. The van der Waals surface area contributed by atoms with Crippen LogP contribution in [0, 0.1) is 17.8 Å². The number of aliphatic hydroxyl groups excluding tert-OH is 1. The molecule has 0 unspecified atom stereocenters. The lowest BCUT2D eigenvalue weighted by molar-refractivity contribution is -0.145.